The Morgan fingerprint density at radius 1 is 1.33 bits per heavy atom. The summed E-state index contributed by atoms with van der Waals surface area (Å²) in [5, 5.41) is 3.94. The quantitative estimate of drug-likeness (QED) is 0.790. The molecule has 1 aromatic heterocycles. The molecule has 0 radical (unpaired) electrons. The molecule has 0 N–H and O–H groups in total. The molecule has 3 rings (SSSR count). The topological polar surface area (TPSA) is 43.1 Å². The Morgan fingerprint density at radius 2 is 2.06 bits per heavy atom. The van der Waals surface area contributed by atoms with Gasteiger partial charge in [0, 0.05) is 11.5 Å². The summed E-state index contributed by atoms with van der Waals surface area (Å²) in [7, 11) is 0. The van der Waals surface area contributed by atoms with Gasteiger partial charge in [-0.1, -0.05) is 35.0 Å². The molecule has 2 aromatic rings. The average molecular weight is 282 g/mol. The van der Waals surface area contributed by atoms with E-state index in [1.807, 2.05) is 12.1 Å². The van der Waals surface area contributed by atoms with Crippen LogP contribution >= 0.6 is 23.2 Å². The summed E-state index contributed by atoms with van der Waals surface area (Å²) in [5.41, 5.74) is 1.45. The van der Waals surface area contributed by atoms with E-state index >= 15 is 0 Å². The lowest BCUT2D eigenvalue weighted by Gasteiger charge is -2.01. The minimum Gasteiger partial charge on any atom is -0.360 e. The van der Waals surface area contributed by atoms with Gasteiger partial charge in [-0.2, -0.15) is 0 Å². The highest BCUT2D eigenvalue weighted by Crippen LogP contribution is 2.45. The molecule has 3 nitrogen and oxygen atoms in total. The van der Waals surface area contributed by atoms with E-state index < -0.39 is 5.24 Å². The predicted octanol–water partition coefficient (Wildman–Crippen LogP) is 4.25. The van der Waals surface area contributed by atoms with Crippen LogP contribution in [0.15, 0.2) is 28.8 Å². The van der Waals surface area contributed by atoms with Crippen LogP contribution in [-0.4, -0.2) is 10.4 Å². The van der Waals surface area contributed by atoms with Crippen molar-refractivity contribution in [1.29, 1.82) is 0 Å². The third-order valence-electron chi connectivity index (χ3n) is 2.99. The molecule has 1 saturated carbocycles. The first-order valence-corrected chi connectivity index (χ1v) is 6.38. The van der Waals surface area contributed by atoms with Crippen molar-refractivity contribution in [1.82, 2.24) is 5.16 Å². The lowest BCUT2D eigenvalue weighted by molar-refractivity contribution is 0.108. The monoisotopic (exact) mass is 281 g/mol. The highest BCUT2D eigenvalue weighted by atomic mass is 35.5. The van der Waals surface area contributed by atoms with Gasteiger partial charge in [0.05, 0.1) is 5.02 Å². The van der Waals surface area contributed by atoms with Crippen LogP contribution in [0.1, 0.15) is 34.9 Å². The largest absolute Gasteiger partial charge is 0.360 e. The lowest BCUT2D eigenvalue weighted by Crippen LogP contribution is -1.95. The van der Waals surface area contributed by atoms with Crippen molar-refractivity contribution in [2.75, 3.05) is 0 Å². The average Bonchev–Trinajstić information content (AvgIpc) is 3.09. The Labute approximate surface area is 114 Å². The molecule has 1 aliphatic rings. The normalized spacial score (nSPS) is 14.8. The predicted molar refractivity (Wildman–Crippen MR) is 69.1 cm³/mol. The highest BCUT2D eigenvalue weighted by Gasteiger charge is 2.35. The third kappa shape index (κ3) is 1.93. The molecule has 0 aliphatic heterocycles. The highest BCUT2D eigenvalue weighted by molar-refractivity contribution is 6.68. The number of nitrogens with zero attached hydrogens (tertiary/aromatic N) is 1. The van der Waals surface area contributed by atoms with Gasteiger partial charge in [-0.05, 0) is 30.5 Å². The fraction of sp³-hybridized carbons (Fsp3) is 0.231. The molecule has 0 saturated heterocycles. The first-order valence-electron chi connectivity index (χ1n) is 5.62. The van der Waals surface area contributed by atoms with E-state index in [2.05, 4.69) is 5.16 Å². The van der Waals surface area contributed by atoms with Gasteiger partial charge in [-0.3, -0.25) is 4.79 Å². The molecule has 1 aromatic carbocycles. The van der Waals surface area contributed by atoms with Crippen molar-refractivity contribution in [2.24, 2.45) is 0 Å². The Bertz CT molecular complexity index is 617. The van der Waals surface area contributed by atoms with Gasteiger partial charge in [0.1, 0.15) is 11.3 Å². The molecule has 1 heterocycles. The van der Waals surface area contributed by atoms with Crippen molar-refractivity contribution < 1.29 is 9.32 Å². The summed E-state index contributed by atoms with van der Waals surface area (Å²) in [6, 6.07) is 7.18. The van der Waals surface area contributed by atoms with Crippen LogP contribution in [0.4, 0.5) is 0 Å². The molecule has 18 heavy (non-hydrogen) atoms. The Hall–Kier alpha value is -1.32. The van der Waals surface area contributed by atoms with Crippen molar-refractivity contribution in [2.45, 2.75) is 18.8 Å². The number of aromatic nitrogens is 1. The first kappa shape index (κ1) is 11.8. The third-order valence-corrected chi connectivity index (χ3v) is 3.51. The molecule has 92 valence electrons. The maximum absolute atomic E-state index is 11.6. The summed E-state index contributed by atoms with van der Waals surface area (Å²) in [6.07, 6.45) is 2.02. The zero-order valence-corrected chi connectivity index (χ0v) is 10.8. The first-order chi connectivity index (χ1) is 8.68. The maximum atomic E-state index is 11.6. The van der Waals surface area contributed by atoms with Crippen LogP contribution in [0.3, 0.4) is 0 Å². The van der Waals surface area contributed by atoms with E-state index in [1.165, 1.54) is 0 Å². The van der Waals surface area contributed by atoms with Gasteiger partial charge in [0.2, 0.25) is 0 Å². The van der Waals surface area contributed by atoms with Crippen molar-refractivity contribution in [3.05, 3.63) is 40.6 Å². The van der Waals surface area contributed by atoms with E-state index in [0.717, 1.165) is 12.8 Å². The van der Waals surface area contributed by atoms with E-state index in [4.69, 9.17) is 27.7 Å². The molecule has 0 unspecified atom stereocenters. The summed E-state index contributed by atoms with van der Waals surface area (Å²) < 4.78 is 5.28. The molecular weight excluding hydrogens is 273 g/mol. The lowest BCUT2D eigenvalue weighted by atomic mass is 10.1. The Morgan fingerprint density at radius 3 is 2.67 bits per heavy atom. The van der Waals surface area contributed by atoms with Gasteiger partial charge in [0.25, 0.3) is 5.24 Å². The van der Waals surface area contributed by atoms with Crippen LogP contribution in [0, 0.1) is 0 Å². The molecule has 5 heteroatoms. The molecule has 0 bridgehead atoms. The zero-order valence-electron chi connectivity index (χ0n) is 9.32. The fourth-order valence-corrected chi connectivity index (χ4v) is 2.36. The second-order valence-electron chi connectivity index (χ2n) is 4.30. The van der Waals surface area contributed by atoms with E-state index in [-0.39, 0.29) is 5.92 Å². The van der Waals surface area contributed by atoms with Crippen LogP contribution < -0.4 is 0 Å². The van der Waals surface area contributed by atoms with Gasteiger partial charge in [-0.25, -0.2) is 0 Å². The molecule has 1 aliphatic carbocycles. The number of rotatable bonds is 3. The number of halogens is 2. The van der Waals surface area contributed by atoms with E-state index in [0.29, 0.717) is 27.6 Å². The van der Waals surface area contributed by atoms with Crippen molar-refractivity contribution in [3.8, 4) is 11.3 Å². The van der Waals surface area contributed by atoms with Crippen molar-refractivity contribution >= 4 is 28.4 Å². The number of benzene rings is 1. The smallest absolute Gasteiger partial charge is 0.258 e. The summed E-state index contributed by atoms with van der Waals surface area (Å²) in [5.74, 6) is 0.858. The molecule has 0 atom stereocenters. The molecule has 1 fully saturated rings. The SMILES string of the molecule is O=C(Cl)c1c(-c2ccccc2Cl)noc1C1CC1. The Balaban J connectivity index is 2.18. The van der Waals surface area contributed by atoms with E-state index in [1.54, 1.807) is 12.1 Å². The van der Waals surface area contributed by atoms with Crippen LogP contribution in [0.5, 0.6) is 0 Å². The summed E-state index contributed by atoms with van der Waals surface area (Å²) >= 11 is 11.8. The summed E-state index contributed by atoms with van der Waals surface area (Å²) in [4.78, 5) is 11.6. The number of hydrogen-bond donors (Lipinski definition) is 0. The molecule has 0 spiro atoms. The van der Waals surface area contributed by atoms with Gasteiger partial charge < -0.3 is 4.52 Å². The van der Waals surface area contributed by atoms with E-state index in [9.17, 15) is 4.79 Å². The van der Waals surface area contributed by atoms with Crippen LogP contribution in [0.25, 0.3) is 11.3 Å². The van der Waals surface area contributed by atoms with Gasteiger partial charge in [0.15, 0.2) is 5.76 Å². The fourth-order valence-electron chi connectivity index (χ4n) is 1.95. The second-order valence-corrected chi connectivity index (χ2v) is 5.05. The zero-order chi connectivity index (χ0) is 12.7. The van der Waals surface area contributed by atoms with Gasteiger partial charge in [-0.15, -0.1) is 0 Å². The maximum Gasteiger partial charge on any atom is 0.258 e. The number of carbonyl (C=O) groups excluding carboxylic acids is 1. The molecule has 0 amide bonds. The van der Waals surface area contributed by atoms with Gasteiger partial charge >= 0.3 is 0 Å². The molecular formula is C13H9Cl2NO2. The van der Waals surface area contributed by atoms with Crippen LogP contribution in [0.2, 0.25) is 5.02 Å². The standard InChI is InChI=1S/C13H9Cl2NO2/c14-9-4-2-1-3-8(9)11-10(13(15)17)12(18-16-11)7-5-6-7/h1-4,7H,5-6H2. The minimum absolute atomic E-state index is 0.270. The minimum atomic E-state index is -0.548. The second kappa shape index (κ2) is 4.41. The van der Waals surface area contributed by atoms with Crippen LogP contribution in [-0.2, 0) is 0 Å². The summed E-state index contributed by atoms with van der Waals surface area (Å²) in [6.45, 7) is 0. The van der Waals surface area contributed by atoms with Crippen molar-refractivity contribution in [3.63, 3.8) is 0 Å². The number of hydrogen-bond acceptors (Lipinski definition) is 3. The number of carbonyl (C=O) groups is 1. The Kier molecular flexibility index (Phi) is 2.88.